The van der Waals surface area contributed by atoms with Crippen molar-refractivity contribution in [3.05, 3.63) is 56.4 Å². The summed E-state index contributed by atoms with van der Waals surface area (Å²) in [4.78, 5) is 22.0. The molecule has 2 aromatic heterocycles. The van der Waals surface area contributed by atoms with Gasteiger partial charge < -0.3 is 10.3 Å². The SMILES string of the molecule is Cc1sc2nc(C(C)Nc3ccc(C(C)(C)C)cc3)[nH]c(=O)c2c1C. The van der Waals surface area contributed by atoms with Crippen LogP contribution in [0.5, 0.6) is 0 Å². The van der Waals surface area contributed by atoms with Crippen LogP contribution in [0.4, 0.5) is 5.69 Å². The van der Waals surface area contributed by atoms with E-state index < -0.39 is 0 Å². The molecule has 0 radical (unpaired) electrons. The average Bonchev–Trinajstić information content (AvgIpc) is 2.82. The highest BCUT2D eigenvalue weighted by atomic mass is 32.1. The highest BCUT2D eigenvalue weighted by Gasteiger charge is 2.16. The second-order valence-electron chi connectivity index (χ2n) is 7.61. The van der Waals surface area contributed by atoms with Gasteiger partial charge in [-0.15, -0.1) is 11.3 Å². The van der Waals surface area contributed by atoms with Crippen molar-refractivity contribution in [2.45, 2.75) is 53.0 Å². The van der Waals surface area contributed by atoms with Gasteiger partial charge in [0.1, 0.15) is 10.7 Å². The van der Waals surface area contributed by atoms with Crippen LogP contribution in [0.15, 0.2) is 29.1 Å². The summed E-state index contributed by atoms with van der Waals surface area (Å²) in [5.74, 6) is 0.665. The lowest BCUT2D eigenvalue weighted by Crippen LogP contribution is -2.17. The fourth-order valence-corrected chi connectivity index (χ4v) is 3.90. The van der Waals surface area contributed by atoms with Gasteiger partial charge in [0.05, 0.1) is 11.4 Å². The Bertz CT molecular complexity index is 962. The fourth-order valence-electron chi connectivity index (χ4n) is 2.86. The van der Waals surface area contributed by atoms with Crippen LogP contribution in [-0.2, 0) is 5.41 Å². The van der Waals surface area contributed by atoms with Crippen molar-refractivity contribution in [1.82, 2.24) is 9.97 Å². The molecule has 0 aliphatic carbocycles. The van der Waals surface area contributed by atoms with E-state index >= 15 is 0 Å². The molecule has 0 saturated carbocycles. The summed E-state index contributed by atoms with van der Waals surface area (Å²) in [5, 5.41) is 4.14. The van der Waals surface area contributed by atoms with E-state index in [4.69, 9.17) is 0 Å². The molecule has 25 heavy (non-hydrogen) atoms. The van der Waals surface area contributed by atoms with Crippen molar-refractivity contribution < 1.29 is 0 Å². The zero-order valence-corrected chi connectivity index (χ0v) is 16.5. The molecule has 5 heteroatoms. The molecule has 0 bridgehead atoms. The molecule has 0 spiro atoms. The maximum Gasteiger partial charge on any atom is 0.259 e. The number of aromatic amines is 1. The van der Waals surface area contributed by atoms with Gasteiger partial charge in [-0.25, -0.2) is 4.98 Å². The smallest absolute Gasteiger partial charge is 0.259 e. The third-order valence-corrected chi connectivity index (χ3v) is 5.70. The number of hydrogen-bond acceptors (Lipinski definition) is 4. The normalized spacial score (nSPS) is 13.2. The van der Waals surface area contributed by atoms with Crippen molar-refractivity contribution >= 4 is 27.2 Å². The Kier molecular flexibility index (Phi) is 4.45. The molecule has 0 fully saturated rings. The van der Waals surface area contributed by atoms with Crippen LogP contribution in [0.25, 0.3) is 10.2 Å². The minimum atomic E-state index is -0.0831. The molecule has 1 atom stereocenters. The molecular formula is C20H25N3OS. The van der Waals surface area contributed by atoms with Crippen LogP contribution < -0.4 is 10.9 Å². The highest BCUT2D eigenvalue weighted by Crippen LogP contribution is 2.28. The molecule has 4 nitrogen and oxygen atoms in total. The van der Waals surface area contributed by atoms with Gasteiger partial charge in [0, 0.05) is 10.6 Å². The molecule has 0 amide bonds. The van der Waals surface area contributed by atoms with Gasteiger partial charge in [0.25, 0.3) is 5.56 Å². The predicted molar refractivity (Wildman–Crippen MR) is 107 cm³/mol. The summed E-state index contributed by atoms with van der Waals surface area (Å²) in [7, 11) is 0. The predicted octanol–water partition coefficient (Wildman–Crippen LogP) is 5.07. The third-order valence-electron chi connectivity index (χ3n) is 4.60. The minimum Gasteiger partial charge on any atom is -0.375 e. The number of aryl methyl sites for hydroxylation is 2. The van der Waals surface area contributed by atoms with Crippen molar-refractivity contribution in [3.63, 3.8) is 0 Å². The molecule has 1 unspecified atom stereocenters. The Morgan fingerprint density at radius 3 is 2.40 bits per heavy atom. The Labute approximate surface area is 152 Å². The molecule has 3 rings (SSSR count). The first kappa shape index (κ1) is 17.7. The summed E-state index contributed by atoms with van der Waals surface area (Å²) in [6.45, 7) is 12.6. The molecule has 0 aliphatic rings. The van der Waals surface area contributed by atoms with Gasteiger partial charge in [0.2, 0.25) is 0 Å². The summed E-state index contributed by atoms with van der Waals surface area (Å²) in [6.07, 6.45) is 0. The topological polar surface area (TPSA) is 57.8 Å². The van der Waals surface area contributed by atoms with Gasteiger partial charge in [-0.2, -0.15) is 0 Å². The van der Waals surface area contributed by atoms with E-state index in [0.29, 0.717) is 11.2 Å². The monoisotopic (exact) mass is 355 g/mol. The lowest BCUT2D eigenvalue weighted by molar-refractivity contribution is 0.590. The summed E-state index contributed by atoms with van der Waals surface area (Å²) in [6, 6.07) is 8.35. The number of anilines is 1. The summed E-state index contributed by atoms with van der Waals surface area (Å²) in [5.41, 5.74) is 3.42. The number of benzene rings is 1. The second-order valence-corrected chi connectivity index (χ2v) is 8.81. The number of nitrogens with one attached hydrogen (secondary N) is 2. The maximum atomic E-state index is 12.4. The zero-order chi connectivity index (χ0) is 18.4. The van der Waals surface area contributed by atoms with Crippen molar-refractivity contribution in [3.8, 4) is 0 Å². The van der Waals surface area contributed by atoms with Crippen LogP contribution in [-0.4, -0.2) is 9.97 Å². The van der Waals surface area contributed by atoms with Gasteiger partial charge in [-0.05, 0) is 49.4 Å². The number of fused-ring (bicyclic) bond motifs is 1. The third kappa shape index (κ3) is 3.47. The van der Waals surface area contributed by atoms with Crippen LogP contribution in [0.3, 0.4) is 0 Å². The molecule has 0 saturated heterocycles. The first-order valence-electron chi connectivity index (χ1n) is 8.54. The van der Waals surface area contributed by atoms with E-state index in [-0.39, 0.29) is 17.0 Å². The molecule has 132 valence electrons. The van der Waals surface area contributed by atoms with E-state index in [9.17, 15) is 4.79 Å². The quantitative estimate of drug-likeness (QED) is 0.689. The second kappa shape index (κ2) is 6.30. The van der Waals surface area contributed by atoms with Gasteiger partial charge >= 0.3 is 0 Å². The van der Waals surface area contributed by atoms with E-state index in [0.717, 1.165) is 21.0 Å². The molecule has 1 aromatic carbocycles. The van der Waals surface area contributed by atoms with Crippen molar-refractivity contribution in [1.29, 1.82) is 0 Å². The standard InChI is InChI=1S/C20H25N3OS/c1-11-13(3)25-19-16(11)18(24)22-17(23-19)12(2)21-15-9-7-14(8-10-15)20(4,5)6/h7-10,12,21H,1-6H3,(H,22,23,24). The number of nitrogens with zero attached hydrogens (tertiary/aromatic N) is 1. The highest BCUT2D eigenvalue weighted by molar-refractivity contribution is 7.18. The zero-order valence-electron chi connectivity index (χ0n) is 15.7. The largest absolute Gasteiger partial charge is 0.375 e. The summed E-state index contributed by atoms with van der Waals surface area (Å²) < 4.78 is 0. The lowest BCUT2D eigenvalue weighted by Gasteiger charge is -2.20. The van der Waals surface area contributed by atoms with Crippen molar-refractivity contribution in [2.24, 2.45) is 0 Å². The van der Waals surface area contributed by atoms with Crippen LogP contribution >= 0.6 is 11.3 Å². The average molecular weight is 356 g/mol. The Morgan fingerprint density at radius 1 is 1.16 bits per heavy atom. The molecular weight excluding hydrogens is 330 g/mol. The summed E-state index contributed by atoms with van der Waals surface area (Å²) >= 11 is 1.58. The number of hydrogen-bond donors (Lipinski definition) is 2. The fraction of sp³-hybridized carbons (Fsp3) is 0.400. The number of aromatic nitrogens is 2. The Morgan fingerprint density at radius 2 is 1.80 bits per heavy atom. The first-order chi connectivity index (χ1) is 11.7. The van der Waals surface area contributed by atoms with Crippen molar-refractivity contribution in [2.75, 3.05) is 5.32 Å². The van der Waals surface area contributed by atoms with E-state index in [1.165, 1.54) is 5.56 Å². The lowest BCUT2D eigenvalue weighted by atomic mass is 9.87. The molecule has 2 N–H and O–H groups in total. The molecule has 2 heterocycles. The number of rotatable bonds is 3. The van der Waals surface area contributed by atoms with Crippen LogP contribution in [0.2, 0.25) is 0 Å². The van der Waals surface area contributed by atoms with Gasteiger partial charge in [-0.3, -0.25) is 4.79 Å². The van der Waals surface area contributed by atoms with E-state index in [2.05, 4.69) is 60.3 Å². The first-order valence-corrected chi connectivity index (χ1v) is 9.35. The van der Waals surface area contributed by atoms with Gasteiger partial charge in [0.15, 0.2) is 0 Å². The van der Waals surface area contributed by atoms with Crippen LogP contribution in [0.1, 0.15) is 55.6 Å². The Balaban J connectivity index is 1.87. The number of thiophene rings is 1. The number of H-pyrrole nitrogens is 1. The van der Waals surface area contributed by atoms with E-state index in [1.54, 1.807) is 11.3 Å². The van der Waals surface area contributed by atoms with Crippen LogP contribution in [0, 0.1) is 13.8 Å². The molecule has 3 aromatic rings. The molecule has 0 aliphatic heterocycles. The Hall–Kier alpha value is -2.14. The maximum absolute atomic E-state index is 12.4. The minimum absolute atomic E-state index is 0.0569. The van der Waals surface area contributed by atoms with E-state index in [1.807, 2.05) is 20.8 Å². The van der Waals surface area contributed by atoms with Gasteiger partial charge in [-0.1, -0.05) is 32.9 Å².